The van der Waals surface area contributed by atoms with E-state index in [9.17, 15) is 9.59 Å². The van der Waals surface area contributed by atoms with Crippen LogP contribution in [0.15, 0.2) is 60.4 Å². The van der Waals surface area contributed by atoms with Crippen LogP contribution in [0, 0.1) is 0 Å². The lowest BCUT2D eigenvalue weighted by Crippen LogP contribution is -2.05. The maximum Gasteiger partial charge on any atom is 0.310 e. The molecule has 1 aliphatic heterocycles. The maximum atomic E-state index is 12.4. The van der Waals surface area contributed by atoms with Gasteiger partial charge in [0.05, 0.1) is 12.7 Å². The van der Waals surface area contributed by atoms with Gasteiger partial charge in [-0.3, -0.25) is 9.59 Å². The topological polar surface area (TPSA) is 61.8 Å². The second-order valence-electron chi connectivity index (χ2n) is 5.55. The molecule has 26 heavy (non-hydrogen) atoms. The molecule has 2 aromatic rings. The summed E-state index contributed by atoms with van der Waals surface area (Å²) >= 11 is 0. The molecule has 5 heteroatoms. The zero-order valence-electron chi connectivity index (χ0n) is 14.5. The average Bonchev–Trinajstić information content (AvgIpc) is 2.97. The van der Waals surface area contributed by atoms with Crippen LogP contribution in [-0.2, 0) is 4.79 Å². The first-order valence-corrected chi connectivity index (χ1v) is 8.21. The van der Waals surface area contributed by atoms with E-state index in [2.05, 4.69) is 0 Å². The van der Waals surface area contributed by atoms with Gasteiger partial charge in [0.1, 0.15) is 17.2 Å². The van der Waals surface area contributed by atoms with Crippen LogP contribution < -0.4 is 14.2 Å². The quantitative estimate of drug-likeness (QED) is 0.460. The molecule has 0 spiro atoms. The molecule has 2 aromatic carbocycles. The van der Waals surface area contributed by atoms with Crippen molar-refractivity contribution in [1.82, 2.24) is 0 Å². The van der Waals surface area contributed by atoms with Crippen molar-refractivity contribution in [2.45, 2.75) is 13.3 Å². The predicted molar refractivity (Wildman–Crippen MR) is 97.4 cm³/mol. The summed E-state index contributed by atoms with van der Waals surface area (Å²) in [6, 6.07) is 12.3. The van der Waals surface area contributed by atoms with Crippen LogP contribution in [0.4, 0.5) is 0 Å². The highest BCUT2D eigenvalue weighted by molar-refractivity contribution is 6.12. The summed E-state index contributed by atoms with van der Waals surface area (Å²) in [5.74, 6) is 1.14. The number of benzene rings is 2. The van der Waals surface area contributed by atoms with E-state index in [-0.39, 0.29) is 23.9 Å². The van der Waals surface area contributed by atoms with Gasteiger partial charge in [0.2, 0.25) is 5.78 Å². The number of para-hydroxylation sites is 1. The molecule has 132 valence electrons. The van der Waals surface area contributed by atoms with E-state index in [1.165, 1.54) is 0 Å². The third-order valence-electron chi connectivity index (χ3n) is 3.82. The molecule has 0 saturated heterocycles. The van der Waals surface area contributed by atoms with Gasteiger partial charge >= 0.3 is 5.97 Å². The standard InChI is InChI=1S/C21H18O5/c1-3-20(22)25-15-11-12-16-19(13-15)26-18(21(16)23)10-6-8-14-7-4-5-9-17(14)24-2/h4-13H,3H2,1-2H3. The Hall–Kier alpha value is -3.34. The average molecular weight is 350 g/mol. The van der Waals surface area contributed by atoms with Crippen LogP contribution in [0.25, 0.3) is 6.08 Å². The third kappa shape index (κ3) is 3.67. The fourth-order valence-electron chi connectivity index (χ4n) is 2.49. The van der Waals surface area contributed by atoms with Gasteiger partial charge in [-0.05, 0) is 24.3 Å². The number of methoxy groups -OCH3 is 1. The van der Waals surface area contributed by atoms with Crippen molar-refractivity contribution in [2.75, 3.05) is 7.11 Å². The van der Waals surface area contributed by atoms with E-state index in [0.29, 0.717) is 17.1 Å². The highest BCUT2D eigenvalue weighted by Gasteiger charge is 2.27. The highest BCUT2D eigenvalue weighted by atomic mass is 16.5. The maximum absolute atomic E-state index is 12.4. The summed E-state index contributed by atoms with van der Waals surface area (Å²) < 4.78 is 16.0. The minimum atomic E-state index is -0.343. The number of ether oxygens (including phenoxy) is 3. The molecule has 0 bridgehead atoms. The number of allylic oxidation sites excluding steroid dienone is 3. The fraction of sp³-hybridized carbons (Fsp3) is 0.143. The van der Waals surface area contributed by atoms with Crippen LogP contribution in [0.3, 0.4) is 0 Å². The number of carbonyl (C=O) groups is 2. The van der Waals surface area contributed by atoms with E-state index >= 15 is 0 Å². The minimum absolute atomic E-state index is 0.210. The molecule has 0 aliphatic carbocycles. The van der Waals surface area contributed by atoms with Crippen LogP contribution in [0.5, 0.6) is 17.2 Å². The van der Waals surface area contributed by atoms with E-state index in [1.807, 2.05) is 30.3 Å². The summed E-state index contributed by atoms with van der Waals surface area (Å²) in [7, 11) is 1.61. The van der Waals surface area contributed by atoms with Crippen molar-refractivity contribution < 1.29 is 23.8 Å². The molecule has 0 fully saturated rings. The number of hydrogen-bond donors (Lipinski definition) is 0. The number of esters is 1. The molecule has 0 aromatic heterocycles. The van der Waals surface area contributed by atoms with Crippen molar-refractivity contribution in [3.8, 4) is 17.2 Å². The Kier molecular flexibility index (Phi) is 5.17. The largest absolute Gasteiger partial charge is 0.496 e. The van der Waals surface area contributed by atoms with Crippen molar-refractivity contribution >= 4 is 17.8 Å². The SMILES string of the molecule is CCC(=O)Oc1ccc2c(c1)OC(=CC=Cc1ccccc1OC)C2=O. The Morgan fingerprint density at radius 2 is 2.00 bits per heavy atom. The smallest absolute Gasteiger partial charge is 0.310 e. The Balaban J connectivity index is 1.78. The monoisotopic (exact) mass is 350 g/mol. The molecule has 3 rings (SSSR count). The van der Waals surface area contributed by atoms with E-state index in [0.717, 1.165) is 11.3 Å². The molecule has 5 nitrogen and oxygen atoms in total. The van der Waals surface area contributed by atoms with Gasteiger partial charge in [0.25, 0.3) is 0 Å². The Labute approximate surface area is 151 Å². The van der Waals surface area contributed by atoms with Crippen LogP contribution >= 0.6 is 0 Å². The molecule has 0 amide bonds. The molecule has 0 atom stereocenters. The van der Waals surface area contributed by atoms with Gasteiger partial charge in [0.15, 0.2) is 5.76 Å². The zero-order chi connectivity index (χ0) is 18.5. The molecule has 0 unspecified atom stereocenters. The number of carbonyl (C=O) groups excluding carboxylic acids is 2. The second kappa shape index (κ2) is 7.70. The Bertz CT molecular complexity index is 908. The zero-order valence-corrected chi connectivity index (χ0v) is 14.5. The number of rotatable bonds is 5. The molecule has 1 heterocycles. The molecule has 1 aliphatic rings. The lowest BCUT2D eigenvalue weighted by molar-refractivity contribution is -0.134. The first-order chi connectivity index (χ1) is 12.6. The van der Waals surface area contributed by atoms with E-state index < -0.39 is 0 Å². The summed E-state index contributed by atoms with van der Waals surface area (Å²) in [6.45, 7) is 1.71. The first-order valence-electron chi connectivity index (χ1n) is 8.21. The molecular formula is C21H18O5. The van der Waals surface area contributed by atoms with Crippen LogP contribution in [0.1, 0.15) is 29.3 Å². The molecule has 0 radical (unpaired) electrons. The van der Waals surface area contributed by atoms with Crippen molar-refractivity contribution in [3.63, 3.8) is 0 Å². The first kappa shape index (κ1) is 17.5. The van der Waals surface area contributed by atoms with Crippen molar-refractivity contribution in [2.24, 2.45) is 0 Å². The molecular weight excluding hydrogens is 332 g/mol. The Morgan fingerprint density at radius 1 is 1.19 bits per heavy atom. The summed E-state index contributed by atoms with van der Waals surface area (Å²) in [5, 5.41) is 0. The minimum Gasteiger partial charge on any atom is -0.496 e. The summed E-state index contributed by atoms with van der Waals surface area (Å²) in [5.41, 5.74) is 1.34. The normalized spacial score (nSPS) is 14.4. The van der Waals surface area contributed by atoms with Gasteiger partial charge in [-0.15, -0.1) is 0 Å². The van der Waals surface area contributed by atoms with Gasteiger partial charge in [-0.2, -0.15) is 0 Å². The molecule has 0 saturated carbocycles. The Morgan fingerprint density at radius 3 is 2.77 bits per heavy atom. The third-order valence-corrected chi connectivity index (χ3v) is 3.82. The van der Waals surface area contributed by atoms with E-state index in [4.69, 9.17) is 14.2 Å². The van der Waals surface area contributed by atoms with Gasteiger partial charge in [0, 0.05) is 18.1 Å². The molecule has 0 N–H and O–H groups in total. The van der Waals surface area contributed by atoms with Gasteiger partial charge in [-0.25, -0.2) is 0 Å². The van der Waals surface area contributed by atoms with Crippen LogP contribution in [-0.4, -0.2) is 18.9 Å². The highest BCUT2D eigenvalue weighted by Crippen LogP contribution is 2.34. The predicted octanol–water partition coefficient (Wildman–Crippen LogP) is 4.18. The second-order valence-corrected chi connectivity index (χ2v) is 5.55. The van der Waals surface area contributed by atoms with Crippen molar-refractivity contribution in [3.05, 3.63) is 71.5 Å². The lowest BCUT2D eigenvalue weighted by atomic mass is 10.1. The van der Waals surface area contributed by atoms with Gasteiger partial charge in [-0.1, -0.05) is 37.3 Å². The number of hydrogen-bond acceptors (Lipinski definition) is 5. The van der Waals surface area contributed by atoms with E-state index in [1.54, 1.807) is 44.4 Å². The fourth-order valence-corrected chi connectivity index (χ4v) is 2.49. The number of ketones is 1. The van der Waals surface area contributed by atoms with Crippen LogP contribution in [0.2, 0.25) is 0 Å². The number of Topliss-reactive ketones (excluding diaryl/α,β-unsaturated/α-hetero) is 1. The van der Waals surface area contributed by atoms with Gasteiger partial charge < -0.3 is 14.2 Å². The number of fused-ring (bicyclic) bond motifs is 1. The van der Waals surface area contributed by atoms with Crippen molar-refractivity contribution in [1.29, 1.82) is 0 Å². The lowest BCUT2D eigenvalue weighted by Gasteiger charge is -2.03. The summed E-state index contributed by atoms with van der Waals surface area (Å²) in [4.78, 5) is 23.8. The summed E-state index contributed by atoms with van der Waals surface area (Å²) in [6.07, 6.45) is 5.44.